The van der Waals surface area contributed by atoms with Crippen molar-refractivity contribution in [3.8, 4) is 17.2 Å². The molecule has 6 rings (SSSR count). The molecule has 220 valence electrons. The standard InChI is InChI=1S/C28H25F4N5O5/c29-22-10-21-17(14-36(27(21)40)23-5-6-25(38)34-26(23)39)9-24(22)41-20-7-8-35(15-20)12-16-11-33-37(13-16)18-1-3-19(4-2-18)42-28(30,31)32/h1-4,9-11,13,20,23H,5-8,12,14-15H2,(H,34,38,39)/t20-,23?/m0/s1. The Morgan fingerprint density at radius 3 is 2.60 bits per heavy atom. The van der Waals surface area contributed by atoms with Gasteiger partial charge in [0.2, 0.25) is 11.8 Å². The Hall–Kier alpha value is -4.46. The predicted octanol–water partition coefficient (Wildman–Crippen LogP) is 3.32. The van der Waals surface area contributed by atoms with E-state index < -0.39 is 30.0 Å². The molecule has 0 saturated carbocycles. The van der Waals surface area contributed by atoms with Crippen LogP contribution in [0.1, 0.15) is 40.7 Å². The van der Waals surface area contributed by atoms with Crippen LogP contribution in [0.3, 0.4) is 0 Å². The van der Waals surface area contributed by atoms with Crippen molar-refractivity contribution in [2.45, 2.75) is 50.9 Å². The molecular weight excluding hydrogens is 562 g/mol. The van der Waals surface area contributed by atoms with E-state index in [0.29, 0.717) is 37.3 Å². The molecule has 0 bridgehead atoms. The minimum Gasteiger partial charge on any atom is -0.486 e. The molecule has 4 heterocycles. The molecule has 0 aliphatic carbocycles. The molecule has 14 heteroatoms. The monoisotopic (exact) mass is 587 g/mol. The van der Waals surface area contributed by atoms with Gasteiger partial charge in [-0.2, -0.15) is 5.10 Å². The van der Waals surface area contributed by atoms with Gasteiger partial charge in [0.25, 0.3) is 5.91 Å². The number of aromatic nitrogens is 2. The predicted molar refractivity (Wildman–Crippen MR) is 137 cm³/mol. The van der Waals surface area contributed by atoms with Gasteiger partial charge in [0.15, 0.2) is 11.6 Å². The van der Waals surface area contributed by atoms with E-state index in [4.69, 9.17) is 4.74 Å². The second-order valence-corrected chi connectivity index (χ2v) is 10.4. The molecule has 0 radical (unpaired) electrons. The van der Waals surface area contributed by atoms with Crippen LogP contribution in [0.4, 0.5) is 17.6 Å². The number of halogens is 4. The first-order valence-electron chi connectivity index (χ1n) is 13.3. The molecule has 2 aromatic carbocycles. The van der Waals surface area contributed by atoms with Crippen molar-refractivity contribution in [3.05, 3.63) is 71.3 Å². The molecule has 1 unspecified atom stereocenters. The van der Waals surface area contributed by atoms with Crippen molar-refractivity contribution >= 4 is 17.7 Å². The maximum atomic E-state index is 15.0. The van der Waals surface area contributed by atoms with Crippen molar-refractivity contribution in [1.29, 1.82) is 0 Å². The SMILES string of the molecule is O=C1CCC(N2Cc3cc(O[C@H]4CCN(Cc5cnn(-c6ccc(OC(F)(F)F)cc6)c5)C4)c(F)cc3C2=O)C(=O)N1. The zero-order chi connectivity index (χ0) is 29.6. The smallest absolute Gasteiger partial charge is 0.486 e. The molecule has 10 nitrogen and oxygen atoms in total. The van der Waals surface area contributed by atoms with E-state index in [1.54, 1.807) is 17.1 Å². The summed E-state index contributed by atoms with van der Waals surface area (Å²) in [4.78, 5) is 40.1. The summed E-state index contributed by atoms with van der Waals surface area (Å²) >= 11 is 0. The maximum Gasteiger partial charge on any atom is 0.573 e. The molecule has 1 N–H and O–H groups in total. The van der Waals surface area contributed by atoms with Crippen LogP contribution in [0.25, 0.3) is 5.69 Å². The number of fused-ring (bicyclic) bond motifs is 1. The summed E-state index contributed by atoms with van der Waals surface area (Å²) < 4.78 is 63.6. The minimum absolute atomic E-state index is 0.0318. The van der Waals surface area contributed by atoms with Gasteiger partial charge in [-0.1, -0.05) is 0 Å². The molecule has 2 fully saturated rings. The highest BCUT2D eigenvalue weighted by Gasteiger charge is 2.40. The van der Waals surface area contributed by atoms with Gasteiger partial charge < -0.3 is 14.4 Å². The fraction of sp³-hybridized carbons (Fsp3) is 0.357. The molecule has 2 atom stereocenters. The van der Waals surface area contributed by atoms with Crippen LogP contribution in [-0.4, -0.2) is 68.9 Å². The Morgan fingerprint density at radius 2 is 1.86 bits per heavy atom. The van der Waals surface area contributed by atoms with E-state index in [0.717, 1.165) is 11.6 Å². The van der Waals surface area contributed by atoms with Crippen molar-refractivity contribution < 1.29 is 41.4 Å². The van der Waals surface area contributed by atoms with E-state index in [-0.39, 0.29) is 48.5 Å². The minimum atomic E-state index is -4.76. The summed E-state index contributed by atoms with van der Waals surface area (Å²) in [5.74, 6) is -2.32. The van der Waals surface area contributed by atoms with Crippen LogP contribution in [0.2, 0.25) is 0 Å². The largest absolute Gasteiger partial charge is 0.573 e. The number of likely N-dealkylation sites (tertiary alicyclic amines) is 1. The average Bonchev–Trinajstić information content (AvgIpc) is 3.65. The Morgan fingerprint density at radius 1 is 1.07 bits per heavy atom. The molecule has 42 heavy (non-hydrogen) atoms. The van der Waals surface area contributed by atoms with E-state index in [1.807, 2.05) is 0 Å². The normalized spacial score (nSPS) is 21.0. The number of nitrogens with zero attached hydrogens (tertiary/aromatic N) is 4. The third-order valence-electron chi connectivity index (χ3n) is 7.48. The number of carbonyl (C=O) groups is 3. The van der Waals surface area contributed by atoms with Gasteiger partial charge in [-0.25, -0.2) is 9.07 Å². The lowest BCUT2D eigenvalue weighted by atomic mass is 10.0. The highest BCUT2D eigenvalue weighted by atomic mass is 19.4. The van der Waals surface area contributed by atoms with Gasteiger partial charge in [0.05, 0.1) is 11.9 Å². The maximum absolute atomic E-state index is 15.0. The van der Waals surface area contributed by atoms with Crippen LogP contribution in [0.15, 0.2) is 48.8 Å². The number of rotatable bonds is 7. The van der Waals surface area contributed by atoms with Gasteiger partial charge >= 0.3 is 6.36 Å². The Labute approximate surface area is 236 Å². The van der Waals surface area contributed by atoms with Crippen LogP contribution in [0.5, 0.6) is 11.5 Å². The second-order valence-electron chi connectivity index (χ2n) is 10.4. The number of imide groups is 1. The van der Waals surface area contributed by atoms with Gasteiger partial charge in [-0.3, -0.25) is 24.6 Å². The molecule has 0 spiro atoms. The van der Waals surface area contributed by atoms with E-state index in [9.17, 15) is 31.9 Å². The lowest BCUT2D eigenvalue weighted by Gasteiger charge is -2.29. The molecule has 3 aliphatic heterocycles. The Bertz CT molecular complexity index is 1540. The quantitative estimate of drug-likeness (QED) is 0.334. The zero-order valence-electron chi connectivity index (χ0n) is 22.1. The topological polar surface area (TPSA) is 106 Å². The highest BCUT2D eigenvalue weighted by Crippen LogP contribution is 2.33. The van der Waals surface area contributed by atoms with Gasteiger partial charge in [-0.15, -0.1) is 13.2 Å². The molecule has 2 saturated heterocycles. The number of hydrogen-bond acceptors (Lipinski definition) is 7. The van der Waals surface area contributed by atoms with Crippen molar-refractivity contribution in [3.63, 3.8) is 0 Å². The molecule has 3 aromatic rings. The summed E-state index contributed by atoms with van der Waals surface area (Å²) in [6.45, 7) is 1.87. The molecule has 1 aromatic heterocycles. The number of piperidine rings is 1. The van der Waals surface area contributed by atoms with Gasteiger partial charge in [0.1, 0.15) is 17.9 Å². The third-order valence-corrected chi connectivity index (χ3v) is 7.48. The Balaban J connectivity index is 1.05. The lowest BCUT2D eigenvalue weighted by molar-refractivity contribution is -0.274. The Kier molecular flexibility index (Phi) is 7.09. The summed E-state index contributed by atoms with van der Waals surface area (Å²) in [6, 6.07) is 7.24. The number of amides is 3. The van der Waals surface area contributed by atoms with Crippen molar-refractivity contribution in [2.75, 3.05) is 13.1 Å². The van der Waals surface area contributed by atoms with Crippen LogP contribution >= 0.6 is 0 Å². The van der Waals surface area contributed by atoms with E-state index >= 15 is 0 Å². The van der Waals surface area contributed by atoms with Gasteiger partial charge in [-0.05, 0) is 54.8 Å². The third kappa shape index (κ3) is 5.79. The van der Waals surface area contributed by atoms with Crippen LogP contribution < -0.4 is 14.8 Å². The highest BCUT2D eigenvalue weighted by molar-refractivity contribution is 6.05. The van der Waals surface area contributed by atoms with Crippen LogP contribution in [0, 0.1) is 5.82 Å². The number of ether oxygens (including phenoxy) is 2. The first kappa shape index (κ1) is 27.7. The van der Waals surface area contributed by atoms with E-state index in [1.165, 1.54) is 35.2 Å². The fourth-order valence-electron chi connectivity index (χ4n) is 5.52. The number of nitrogens with one attached hydrogen (secondary N) is 1. The summed E-state index contributed by atoms with van der Waals surface area (Å²) in [5, 5.41) is 6.54. The zero-order valence-corrected chi connectivity index (χ0v) is 22.1. The fourth-order valence-corrected chi connectivity index (χ4v) is 5.52. The summed E-state index contributed by atoms with van der Waals surface area (Å²) in [6.07, 6.45) is -0.618. The first-order chi connectivity index (χ1) is 20.0. The first-order valence-corrected chi connectivity index (χ1v) is 13.3. The number of benzene rings is 2. The molecule has 3 amide bonds. The lowest BCUT2D eigenvalue weighted by Crippen LogP contribution is -2.52. The summed E-state index contributed by atoms with van der Waals surface area (Å²) in [5.41, 5.74) is 2.18. The van der Waals surface area contributed by atoms with Crippen molar-refractivity contribution in [2.24, 2.45) is 0 Å². The van der Waals surface area contributed by atoms with E-state index in [2.05, 4.69) is 20.1 Å². The average molecular weight is 588 g/mol. The molecular formula is C28H25F4N5O5. The molecule has 3 aliphatic rings. The summed E-state index contributed by atoms with van der Waals surface area (Å²) in [7, 11) is 0. The van der Waals surface area contributed by atoms with Crippen LogP contribution in [-0.2, 0) is 22.7 Å². The van der Waals surface area contributed by atoms with Crippen molar-refractivity contribution in [1.82, 2.24) is 24.9 Å². The van der Waals surface area contributed by atoms with Gasteiger partial charge in [0, 0.05) is 49.9 Å². The second kappa shape index (κ2) is 10.7. The number of carbonyl (C=O) groups excluding carboxylic acids is 3. The number of alkyl halides is 3. The number of hydrogen-bond donors (Lipinski definition) is 1.